The predicted octanol–water partition coefficient (Wildman–Crippen LogP) is 6.87. The highest BCUT2D eigenvalue weighted by molar-refractivity contribution is 6.16. The number of para-hydroxylation sites is 1. The molecule has 1 saturated heterocycles. The number of pyridine rings is 1. The fourth-order valence-electron chi connectivity index (χ4n) is 5.87. The summed E-state index contributed by atoms with van der Waals surface area (Å²) in [5.74, 6) is 0.957. The van der Waals surface area contributed by atoms with Gasteiger partial charge in [0.25, 0.3) is 0 Å². The van der Waals surface area contributed by atoms with Crippen molar-refractivity contribution in [2.75, 3.05) is 26.2 Å². The fourth-order valence-corrected chi connectivity index (χ4v) is 5.87. The van der Waals surface area contributed by atoms with Crippen LogP contribution in [0.25, 0.3) is 32.6 Å². The molecular formula is C31H33N3O. The molecule has 0 aliphatic carbocycles. The Bertz CT molecular complexity index is 1490. The third-order valence-corrected chi connectivity index (χ3v) is 7.72. The van der Waals surface area contributed by atoms with E-state index in [1.54, 1.807) is 0 Å². The second-order valence-electron chi connectivity index (χ2n) is 9.89. The van der Waals surface area contributed by atoms with E-state index in [0.717, 1.165) is 25.4 Å². The molecule has 5 aromatic rings. The lowest BCUT2D eigenvalue weighted by atomic mass is 9.97. The van der Waals surface area contributed by atoms with Crippen molar-refractivity contribution >= 4 is 32.6 Å². The van der Waals surface area contributed by atoms with Gasteiger partial charge in [-0.25, -0.2) is 0 Å². The summed E-state index contributed by atoms with van der Waals surface area (Å²) in [6.07, 6.45) is 7.93. The molecule has 178 valence electrons. The summed E-state index contributed by atoms with van der Waals surface area (Å²) < 4.78 is 8.55. The van der Waals surface area contributed by atoms with E-state index in [4.69, 9.17) is 4.74 Å². The van der Waals surface area contributed by atoms with E-state index < -0.39 is 0 Å². The first-order valence-electron chi connectivity index (χ1n) is 12.9. The molecule has 3 aromatic carbocycles. The number of nitrogens with zero attached hydrogens (tertiary/aromatic N) is 3. The summed E-state index contributed by atoms with van der Waals surface area (Å²) in [6.45, 7) is 9.52. The molecule has 0 spiro atoms. The van der Waals surface area contributed by atoms with Crippen LogP contribution in [0.5, 0.6) is 5.75 Å². The van der Waals surface area contributed by atoms with Crippen molar-refractivity contribution in [3.05, 3.63) is 83.7 Å². The SMILES string of the molecule is Cc1c2cnccc2c(C)c2c1c1ccccc1n2Cc1ccc(OCCN2CCCCC2)cc1. The van der Waals surface area contributed by atoms with E-state index in [2.05, 4.69) is 82.9 Å². The number of piperidine rings is 1. The van der Waals surface area contributed by atoms with E-state index in [1.807, 2.05) is 12.4 Å². The zero-order valence-corrected chi connectivity index (χ0v) is 20.8. The number of ether oxygens (including phenoxy) is 1. The van der Waals surface area contributed by atoms with Crippen LogP contribution < -0.4 is 4.74 Å². The van der Waals surface area contributed by atoms with Crippen LogP contribution in [0.4, 0.5) is 0 Å². The highest BCUT2D eigenvalue weighted by Gasteiger charge is 2.18. The van der Waals surface area contributed by atoms with Gasteiger partial charge < -0.3 is 9.30 Å². The largest absolute Gasteiger partial charge is 0.492 e. The Morgan fingerprint density at radius 1 is 0.829 bits per heavy atom. The zero-order chi connectivity index (χ0) is 23.8. The highest BCUT2D eigenvalue weighted by Crippen LogP contribution is 2.38. The number of rotatable bonds is 6. The average Bonchev–Trinajstić information content (AvgIpc) is 3.23. The summed E-state index contributed by atoms with van der Waals surface area (Å²) in [4.78, 5) is 6.93. The lowest BCUT2D eigenvalue weighted by Gasteiger charge is -2.26. The van der Waals surface area contributed by atoms with Crippen LogP contribution >= 0.6 is 0 Å². The predicted molar refractivity (Wildman–Crippen MR) is 146 cm³/mol. The molecule has 3 heterocycles. The molecule has 1 aliphatic rings. The van der Waals surface area contributed by atoms with Crippen LogP contribution in [-0.4, -0.2) is 40.7 Å². The topological polar surface area (TPSA) is 30.3 Å². The molecule has 4 nitrogen and oxygen atoms in total. The van der Waals surface area contributed by atoms with E-state index in [9.17, 15) is 0 Å². The Morgan fingerprint density at radius 3 is 2.46 bits per heavy atom. The number of benzene rings is 3. The molecule has 1 aliphatic heterocycles. The van der Waals surface area contributed by atoms with Crippen molar-refractivity contribution in [2.24, 2.45) is 0 Å². The van der Waals surface area contributed by atoms with Gasteiger partial charge in [-0.1, -0.05) is 36.8 Å². The van der Waals surface area contributed by atoms with Crippen molar-refractivity contribution < 1.29 is 4.74 Å². The van der Waals surface area contributed by atoms with Crippen LogP contribution in [-0.2, 0) is 6.54 Å². The lowest BCUT2D eigenvalue weighted by molar-refractivity contribution is 0.183. The Morgan fingerprint density at radius 2 is 1.63 bits per heavy atom. The van der Waals surface area contributed by atoms with Gasteiger partial charge in [-0.2, -0.15) is 0 Å². The smallest absolute Gasteiger partial charge is 0.119 e. The van der Waals surface area contributed by atoms with Crippen molar-refractivity contribution in [1.29, 1.82) is 0 Å². The molecule has 0 N–H and O–H groups in total. The lowest BCUT2D eigenvalue weighted by Crippen LogP contribution is -2.33. The van der Waals surface area contributed by atoms with Gasteiger partial charge in [-0.3, -0.25) is 9.88 Å². The number of aryl methyl sites for hydroxylation is 2. The second-order valence-corrected chi connectivity index (χ2v) is 9.89. The molecule has 0 radical (unpaired) electrons. The molecule has 0 unspecified atom stereocenters. The van der Waals surface area contributed by atoms with Crippen molar-refractivity contribution in [3.63, 3.8) is 0 Å². The standard InChI is InChI=1S/C31H33N3O/c1-22-28-20-32-15-14-26(28)23(2)31-30(22)27-8-4-5-9-29(27)34(31)21-24-10-12-25(13-11-24)35-19-18-33-16-6-3-7-17-33/h4-5,8-15,20H,3,6-7,16-19,21H2,1-2H3. The van der Waals surface area contributed by atoms with E-state index in [0.29, 0.717) is 0 Å². The van der Waals surface area contributed by atoms with Crippen LogP contribution in [0.2, 0.25) is 0 Å². The second kappa shape index (κ2) is 9.35. The monoisotopic (exact) mass is 463 g/mol. The molecule has 4 heteroatoms. The van der Waals surface area contributed by atoms with Gasteiger partial charge in [0.1, 0.15) is 12.4 Å². The van der Waals surface area contributed by atoms with Gasteiger partial charge >= 0.3 is 0 Å². The van der Waals surface area contributed by atoms with Crippen LogP contribution in [0.1, 0.15) is 36.0 Å². The van der Waals surface area contributed by atoms with E-state index >= 15 is 0 Å². The minimum atomic E-state index is 0.757. The number of aromatic nitrogens is 2. The van der Waals surface area contributed by atoms with Crippen LogP contribution in [0.15, 0.2) is 67.0 Å². The van der Waals surface area contributed by atoms with Crippen molar-refractivity contribution in [1.82, 2.24) is 14.5 Å². The quantitative estimate of drug-likeness (QED) is 0.275. The summed E-state index contributed by atoms with van der Waals surface area (Å²) >= 11 is 0. The summed E-state index contributed by atoms with van der Waals surface area (Å²) in [5.41, 5.74) is 6.50. The van der Waals surface area contributed by atoms with Crippen LogP contribution in [0.3, 0.4) is 0 Å². The van der Waals surface area contributed by atoms with Crippen LogP contribution in [0, 0.1) is 13.8 Å². The molecule has 2 aromatic heterocycles. The molecule has 0 saturated carbocycles. The zero-order valence-electron chi connectivity index (χ0n) is 20.8. The number of hydrogen-bond donors (Lipinski definition) is 0. The molecule has 1 fully saturated rings. The number of hydrogen-bond acceptors (Lipinski definition) is 3. The van der Waals surface area contributed by atoms with Gasteiger partial charge in [0, 0.05) is 47.2 Å². The average molecular weight is 464 g/mol. The minimum absolute atomic E-state index is 0.757. The van der Waals surface area contributed by atoms with Crippen molar-refractivity contribution in [3.8, 4) is 5.75 Å². The van der Waals surface area contributed by atoms with E-state index in [1.165, 1.54) is 81.6 Å². The first-order valence-corrected chi connectivity index (χ1v) is 12.9. The van der Waals surface area contributed by atoms with Gasteiger partial charge in [-0.05, 0) is 86.1 Å². The summed E-state index contributed by atoms with van der Waals surface area (Å²) in [7, 11) is 0. The number of likely N-dealkylation sites (tertiary alicyclic amines) is 1. The Balaban J connectivity index is 1.31. The maximum Gasteiger partial charge on any atom is 0.119 e. The van der Waals surface area contributed by atoms with Gasteiger partial charge in [-0.15, -0.1) is 0 Å². The molecule has 0 bridgehead atoms. The Kier molecular flexibility index (Phi) is 5.91. The van der Waals surface area contributed by atoms with Gasteiger partial charge in [0.2, 0.25) is 0 Å². The first kappa shape index (κ1) is 22.1. The summed E-state index contributed by atoms with van der Waals surface area (Å²) in [6, 6.07) is 19.6. The van der Waals surface area contributed by atoms with Gasteiger partial charge in [0.15, 0.2) is 0 Å². The molecule has 6 rings (SSSR count). The van der Waals surface area contributed by atoms with E-state index in [-0.39, 0.29) is 0 Å². The Labute approximate surface area is 207 Å². The number of fused-ring (bicyclic) bond motifs is 4. The Hall–Kier alpha value is -3.37. The van der Waals surface area contributed by atoms with Gasteiger partial charge in [0.05, 0.1) is 5.52 Å². The maximum absolute atomic E-state index is 6.07. The molecule has 35 heavy (non-hydrogen) atoms. The maximum atomic E-state index is 6.07. The highest BCUT2D eigenvalue weighted by atomic mass is 16.5. The molecule has 0 atom stereocenters. The first-order chi connectivity index (χ1) is 17.2. The normalized spacial score (nSPS) is 14.8. The van der Waals surface area contributed by atoms with Crippen molar-refractivity contribution in [2.45, 2.75) is 39.7 Å². The third kappa shape index (κ3) is 4.06. The summed E-state index contributed by atoms with van der Waals surface area (Å²) in [5, 5.41) is 5.18. The molecule has 0 amide bonds. The third-order valence-electron chi connectivity index (χ3n) is 7.72. The molecular weight excluding hydrogens is 430 g/mol. The fraction of sp³-hybridized carbons (Fsp3) is 0.323. The minimum Gasteiger partial charge on any atom is -0.492 e.